The first-order valence-electron chi connectivity index (χ1n) is 7.20. The molecule has 0 aromatic heterocycles. The molecule has 1 aromatic rings. The van der Waals surface area contributed by atoms with Crippen molar-refractivity contribution in [2.24, 2.45) is 5.73 Å². The second-order valence-corrected chi connectivity index (χ2v) is 6.24. The minimum atomic E-state index is -0.303. The zero-order valence-corrected chi connectivity index (χ0v) is 13.4. The topological polar surface area (TPSA) is 84.6 Å². The number of phenolic OH excluding ortho intramolecular Hbond substituents is 1. The average Bonchev–Trinajstić information content (AvgIpc) is 2.47. The number of aromatic hydroxyl groups is 1. The summed E-state index contributed by atoms with van der Waals surface area (Å²) < 4.78 is 6.48. The summed E-state index contributed by atoms with van der Waals surface area (Å²) in [5, 5.41) is 12.4. The highest BCUT2D eigenvalue weighted by molar-refractivity contribution is 9.10. The van der Waals surface area contributed by atoms with Crippen molar-refractivity contribution in [1.82, 2.24) is 5.32 Å². The lowest BCUT2D eigenvalue weighted by Crippen LogP contribution is -2.33. The molecule has 0 saturated heterocycles. The van der Waals surface area contributed by atoms with Gasteiger partial charge in [-0.25, -0.2) is 0 Å². The largest absolute Gasteiger partial charge is 0.507 e. The monoisotopic (exact) mass is 356 g/mol. The van der Waals surface area contributed by atoms with E-state index in [0.717, 1.165) is 30.2 Å². The zero-order valence-electron chi connectivity index (χ0n) is 11.8. The molecule has 0 spiro atoms. The van der Waals surface area contributed by atoms with Crippen LogP contribution in [0.25, 0.3) is 0 Å². The first kappa shape index (κ1) is 16.3. The fourth-order valence-corrected chi connectivity index (χ4v) is 2.79. The van der Waals surface area contributed by atoms with Gasteiger partial charge < -0.3 is 20.9 Å². The summed E-state index contributed by atoms with van der Waals surface area (Å²) in [6.45, 7) is 0.897. The van der Waals surface area contributed by atoms with Gasteiger partial charge in [0.15, 0.2) is 0 Å². The lowest BCUT2D eigenvalue weighted by Gasteiger charge is -2.26. The van der Waals surface area contributed by atoms with E-state index in [0.29, 0.717) is 19.2 Å². The lowest BCUT2D eigenvalue weighted by atomic mass is 9.94. The fourth-order valence-electron chi connectivity index (χ4n) is 2.43. The first-order chi connectivity index (χ1) is 10.1. The smallest absolute Gasteiger partial charge is 0.255 e. The van der Waals surface area contributed by atoms with Crippen LogP contribution in [0.5, 0.6) is 5.75 Å². The summed E-state index contributed by atoms with van der Waals surface area (Å²) in [5.74, 6) is -0.332. The summed E-state index contributed by atoms with van der Waals surface area (Å²) in [4.78, 5) is 11.9. The molecule has 0 heterocycles. The summed E-state index contributed by atoms with van der Waals surface area (Å²) in [6, 6.07) is 5.07. The van der Waals surface area contributed by atoms with Gasteiger partial charge in [0.25, 0.3) is 5.91 Å². The van der Waals surface area contributed by atoms with Crippen molar-refractivity contribution < 1.29 is 14.6 Å². The van der Waals surface area contributed by atoms with Crippen LogP contribution in [0, 0.1) is 0 Å². The van der Waals surface area contributed by atoms with Crippen molar-refractivity contribution in [3.05, 3.63) is 28.2 Å². The first-order valence-corrected chi connectivity index (χ1v) is 7.99. The van der Waals surface area contributed by atoms with Crippen LogP contribution in [0.15, 0.2) is 22.7 Å². The minimum Gasteiger partial charge on any atom is -0.507 e. The van der Waals surface area contributed by atoms with Gasteiger partial charge in [0, 0.05) is 17.1 Å². The minimum absolute atomic E-state index is 0.0297. The Morgan fingerprint density at radius 1 is 1.38 bits per heavy atom. The molecule has 0 aliphatic heterocycles. The highest BCUT2D eigenvalue weighted by Gasteiger charge is 2.18. The Balaban J connectivity index is 1.71. The maximum Gasteiger partial charge on any atom is 0.255 e. The van der Waals surface area contributed by atoms with Crippen LogP contribution in [-0.4, -0.2) is 36.3 Å². The summed E-state index contributed by atoms with van der Waals surface area (Å²) in [6.07, 6.45) is 4.23. The van der Waals surface area contributed by atoms with Crippen LogP contribution in [-0.2, 0) is 4.74 Å². The predicted molar refractivity (Wildman–Crippen MR) is 84.3 cm³/mol. The molecule has 4 N–H and O–H groups in total. The number of carbonyl (C=O) groups is 1. The summed E-state index contributed by atoms with van der Waals surface area (Å²) in [7, 11) is 0. The summed E-state index contributed by atoms with van der Waals surface area (Å²) in [5.41, 5.74) is 6.10. The quantitative estimate of drug-likeness (QED) is 0.705. The van der Waals surface area contributed by atoms with Crippen molar-refractivity contribution in [2.75, 3.05) is 13.2 Å². The number of phenols is 1. The molecule has 2 rings (SSSR count). The molecule has 6 heteroatoms. The molecule has 0 radical (unpaired) electrons. The number of hydrogen-bond acceptors (Lipinski definition) is 4. The number of nitrogens with one attached hydrogen (secondary N) is 1. The van der Waals surface area contributed by atoms with Gasteiger partial charge in [0.05, 0.1) is 18.3 Å². The summed E-state index contributed by atoms with van der Waals surface area (Å²) >= 11 is 3.28. The molecule has 1 fully saturated rings. The SMILES string of the molecule is NC1CCC(OCCNC(=O)c2cc(Br)ccc2O)CC1. The number of amides is 1. The maximum absolute atomic E-state index is 11.9. The van der Waals surface area contributed by atoms with Crippen LogP contribution in [0.3, 0.4) is 0 Å². The van der Waals surface area contributed by atoms with Crippen molar-refractivity contribution in [3.63, 3.8) is 0 Å². The number of ether oxygens (including phenoxy) is 1. The van der Waals surface area contributed by atoms with E-state index in [1.165, 1.54) is 6.07 Å². The van der Waals surface area contributed by atoms with Crippen LogP contribution >= 0.6 is 15.9 Å². The van der Waals surface area contributed by atoms with E-state index >= 15 is 0 Å². The van der Waals surface area contributed by atoms with Crippen LogP contribution in [0.4, 0.5) is 0 Å². The Morgan fingerprint density at radius 2 is 2.10 bits per heavy atom. The standard InChI is InChI=1S/C15H21BrN2O3/c16-10-1-6-14(19)13(9-10)15(20)18-7-8-21-12-4-2-11(17)3-5-12/h1,6,9,11-12,19H,2-5,7-8,17H2,(H,18,20). The Morgan fingerprint density at radius 3 is 2.81 bits per heavy atom. The van der Waals surface area contributed by atoms with Gasteiger partial charge in [-0.3, -0.25) is 4.79 Å². The number of hydrogen-bond donors (Lipinski definition) is 3. The van der Waals surface area contributed by atoms with E-state index in [9.17, 15) is 9.90 Å². The Labute approximate surface area is 133 Å². The van der Waals surface area contributed by atoms with Gasteiger partial charge in [-0.2, -0.15) is 0 Å². The number of nitrogens with two attached hydrogens (primary N) is 1. The highest BCUT2D eigenvalue weighted by Crippen LogP contribution is 2.22. The van der Waals surface area contributed by atoms with E-state index < -0.39 is 0 Å². The second-order valence-electron chi connectivity index (χ2n) is 5.32. The molecule has 21 heavy (non-hydrogen) atoms. The number of carbonyl (C=O) groups excluding carboxylic acids is 1. The number of benzene rings is 1. The van der Waals surface area contributed by atoms with Crippen molar-refractivity contribution in [1.29, 1.82) is 0 Å². The molecule has 0 atom stereocenters. The van der Waals surface area contributed by atoms with Crippen molar-refractivity contribution >= 4 is 21.8 Å². The van der Waals surface area contributed by atoms with E-state index in [-0.39, 0.29) is 23.3 Å². The second kappa shape index (κ2) is 7.77. The number of halogens is 1. The van der Waals surface area contributed by atoms with Crippen LogP contribution in [0.2, 0.25) is 0 Å². The van der Waals surface area contributed by atoms with Gasteiger partial charge in [-0.1, -0.05) is 15.9 Å². The molecule has 0 unspecified atom stereocenters. The van der Waals surface area contributed by atoms with Gasteiger partial charge in [0.2, 0.25) is 0 Å². The van der Waals surface area contributed by atoms with E-state index in [1.807, 2.05) is 0 Å². The van der Waals surface area contributed by atoms with Crippen LogP contribution < -0.4 is 11.1 Å². The van der Waals surface area contributed by atoms with Gasteiger partial charge in [-0.05, 0) is 43.9 Å². The van der Waals surface area contributed by atoms with Crippen molar-refractivity contribution in [2.45, 2.75) is 37.8 Å². The molecule has 1 saturated carbocycles. The Bertz CT molecular complexity index is 488. The lowest BCUT2D eigenvalue weighted by molar-refractivity contribution is 0.0267. The Hall–Kier alpha value is -1.11. The van der Waals surface area contributed by atoms with E-state index in [1.54, 1.807) is 12.1 Å². The predicted octanol–water partition coefficient (Wildman–Crippen LogP) is 2.17. The third-order valence-electron chi connectivity index (χ3n) is 3.66. The third kappa shape index (κ3) is 4.98. The molecular formula is C15H21BrN2O3. The average molecular weight is 357 g/mol. The highest BCUT2D eigenvalue weighted by atomic mass is 79.9. The molecule has 1 aliphatic carbocycles. The molecule has 5 nitrogen and oxygen atoms in total. The molecule has 116 valence electrons. The molecule has 1 aromatic carbocycles. The molecule has 1 aliphatic rings. The van der Waals surface area contributed by atoms with E-state index in [2.05, 4.69) is 21.2 Å². The third-order valence-corrected chi connectivity index (χ3v) is 4.16. The van der Waals surface area contributed by atoms with Crippen molar-refractivity contribution in [3.8, 4) is 5.75 Å². The maximum atomic E-state index is 11.9. The van der Waals surface area contributed by atoms with Gasteiger partial charge in [-0.15, -0.1) is 0 Å². The van der Waals surface area contributed by atoms with Crippen LogP contribution in [0.1, 0.15) is 36.0 Å². The fraction of sp³-hybridized carbons (Fsp3) is 0.533. The normalized spacial score (nSPS) is 22.0. The zero-order chi connectivity index (χ0) is 15.2. The molecule has 1 amide bonds. The Kier molecular flexibility index (Phi) is 6.02. The van der Waals surface area contributed by atoms with Gasteiger partial charge in [0.1, 0.15) is 5.75 Å². The van der Waals surface area contributed by atoms with Gasteiger partial charge >= 0.3 is 0 Å². The number of rotatable bonds is 5. The van der Waals surface area contributed by atoms with E-state index in [4.69, 9.17) is 10.5 Å². The molecule has 0 bridgehead atoms. The molecular weight excluding hydrogens is 336 g/mol.